The lowest BCUT2D eigenvalue weighted by Crippen LogP contribution is -2.24. The predicted molar refractivity (Wildman–Crippen MR) is 69.3 cm³/mol. The summed E-state index contributed by atoms with van der Waals surface area (Å²) in [5, 5.41) is 3.07. The molecule has 1 rings (SSSR count). The van der Waals surface area contributed by atoms with Gasteiger partial charge in [0.25, 0.3) is 0 Å². The third-order valence-corrected chi connectivity index (χ3v) is 2.95. The molecule has 0 unspecified atom stereocenters. The van der Waals surface area contributed by atoms with Gasteiger partial charge in [0.05, 0.1) is 11.9 Å². The van der Waals surface area contributed by atoms with Crippen LogP contribution in [-0.4, -0.2) is 32.7 Å². The molecule has 7 heteroatoms. The maximum absolute atomic E-state index is 10.8. The van der Waals surface area contributed by atoms with Gasteiger partial charge in [-0.1, -0.05) is 0 Å². The zero-order chi connectivity index (χ0) is 12.9. The highest BCUT2D eigenvalue weighted by Crippen LogP contribution is 2.18. The van der Waals surface area contributed by atoms with E-state index in [2.05, 4.69) is 15.0 Å². The van der Waals surface area contributed by atoms with Gasteiger partial charge in [-0.3, -0.25) is 0 Å². The quantitative estimate of drug-likeness (QED) is 0.639. The van der Waals surface area contributed by atoms with Crippen molar-refractivity contribution in [3.05, 3.63) is 17.8 Å². The van der Waals surface area contributed by atoms with Crippen LogP contribution in [0.1, 0.15) is 12.0 Å². The molecule has 1 aromatic rings. The van der Waals surface area contributed by atoms with E-state index in [1.807, 2.05) is 13.0 Å². The Morgan fingerprint density at radius 1 is 1.41 bits per heavy atom. The third kappa shape index (κ3) is 5.01. The summed E-state index contributed by atoms with van der Waals surface area (Å²) in [5.41, 5.74) is 7.43. The second kappa shape index (κ2) is 5.83. The zero-order valence-electron chi connectivity index (χ0n) is 10.0. The van der Waals surface area contributed by atoms with Crippen LogP contribution in [0.3, 0.4) is 0 Å². The molecule has 0 saturated heterocycles. The Balaban J connectivity index is 2.34. The third-order valence-electron chi connectivity index (χ3n) is 2.22. The van der Waals surface area contributed by atoms with Gasteiger partial charge in [0.2, 0.25) is 10.0 Å². The topological polar surface area (TPSA) is 97.1 Å². The second-order valence-corrected chi connectivity index (χ2v) is 5.67. The molecule has 0 radical (unpaired) electrons. The van der Waals surface area contributed by atoms with E-state index in [0.29, 0.717) is 31.0 Å². The molecule has 1 heterocycles. The van der Waals surface area contributed by atoms with Gasteiger partial charge in [-0.2, -0.15) is 0 Å². The summed E-state index contributed by atoms with van der Waals surface area (Å²) in [4.78, 5) is 4.11. The minimum atomic E-state index is -3.10. The molecule has 0 spiro atoms. The molecule has 17 heavy (non-hydrogen) atoms. The van der Waals surface area contributed by atoms with Gasteiger partial charge in [0.1, 0.15) is 5.82 Å². The number of nitrogens with one attached hydrogen (secondary N) is 2. The van der Waals surface area contributed by atoms with Crippen LogP contribution < -0.4 is 15.8 Å². The maximum Gasteiger partial charge on any atom is 0.208 e. The van der Waals surface area contributed by atoms with Crippen molar-refractivity contribution in [2.75, 3.05) is 30.4 Å². The summed E-state index contributed by atoms with van der Waals surface area (Å²) in [5.74, 6) is 0.643. The average Bonchev–Trinajstić information content (AvgIpc) is 2.22. The van der Waals surface area contributed by atoms with Crippen molar-refractivity contribution >= 4 is 21.5 Å². The van der Waals surface area contributed by atoms with Crippen LogP contribution in [0.2, 0.25) is 0 Å². The van der Waals surface area contributed by atoms with Crippen molar-refractivity contribution in [3.8, 4) is 0 Å². The zero-order valence-corrected chi connectivity index (χ0v) is 10.8. The number of sulfonamides is 1. The Morgan fingerprint density at radius 3 is 2.76 bits per heavy atom. The minimum absolute atomic E-state index is 0.400. The summed E-state index contributed by atoms with van der Waals surface area (Å²) < 4.78 is 24.0. The van der Waals surface area contributed by atoms with Crippen LogP contribution in [-0.2, 0) is 10.0 Å². The number of rotatable bonds is 6. The van der Waals surface area contributed by atoms with Crippen molar-refractivity contribution in [1.29, 1.82) is 0 Å². The molecule has 4 N–H and O–H groups in total. The van der Waals surface area contributed by atoms with Crippen LogP contribution in [0, 0.1) is 6.92 Å². The first-order valence-electron chi connectivity index (χ1n) is 5.30. The molecule has 6 nitrogen and oxygen atoms in total. The van der Waals surface area contributed by atoms with Gasteiger partial charge in [0, 0.05) is 19.3 Å². The van der Waals surface area contributed by atoms with E-state index in [0.717, 1.165) is 11.8 Å². The van der Waals surface area contributed by atoms with Gasteiger partial charge < -0.3 is 11.1 Å². The Kier molecular flexibility index (Phi) is 4.71. The van der Waals surface area contributed by atoms with E-state index in [1.54, 1.807) is 6.20 Å². The number of aryl methyl sites for hydroxylation is 1. The standard InChI is InChI=1S/C10H18N4O2S/c1-8-4-7-13-10(9(8)11)12-5-3-6-14-17(2,15)16/h4,7,14H,3,5-6,11H2,1-2H3,(H,12,13). The summed E-state index contributed by atoms with van der Waals surface area (Å²) in [6, 6.07) is 1.84. The number of aromatic nitrogens is 1. The Labute approximate surface area is 102 Å². The summed E-state index contributed by atoms with van der Waals surface area (Å²) >= 11 is 0. The first-order chi connectivity index (χ1) is 7.90. The molecule has 0 fully saturated rings. The summed E-state index contributed by atoms with van der Waals surface area (Å²) in [6.07, 6.45) is 3.49. The monoisotopic (exact) mass is 258 g/mol. The van der Waals surface area contributed by atoms with Crippen LogP contribution in [0.15, 0.2) is 12.3 Å². The second-order valence-electron chi connectivity index (χ2n) is 3.84. The average molecular weight is 258 g/mol. The van der Waals surface area contributed by atoms with E-state index >= 15 is 0 Å². The van der Waals surface area contributed by atoms with E-state index < -0.39 is 10.0 Å². The van der Waals surface area contributed by atoms with E-state index in [9.17, 15) is 8.42 Å². The molecule has 96 valence electrons. The fourth-order valence-electron chi connectivity index (χ4n) is 1.26. The lowest BCUT2D eigenvalue weighted by Gasteiger charge is -2.09. The number of hydrogen-bond donors (Lipinski definition) is 3. The van der Waals surface area contributed by atoms with Crippen molar-refractivity contribution in [1.82, 2.24) is 9.71 Å². The molecule has 0 saturated carbocycles. The molecular formula is C10H18N4O2S. The lowest BCUT2D eigenvalue weighted by molar-refractivity contribution is 0.586. The van der Waals surface area contributed by atoms with Crippen LogP contribution in [0.4, 0.5) is 11.5 Å². The lowest BCUT2D eigenvalue weighted by atomic mass is 10.2. The Morgan fingerprint density at radius 2 is 2.12 bits per heavy atom. The van der Waals surface area contributed by atoms with Gasteiger partial charge >= 0.3 is 0 Å². The van der Waals surface area contributed by atoms with Crippen molar-refractivity contribution in [3.63, 3.8) is 0 Å². The fourth-order valence-corrected chi connectivity index (χ4v) is 1.78. The van der Waals surface area contributed by atoms with Gasteiger partial charge in [-0.15, -0.1) is 0 Å². The minimum Gasteiger partial charge on any atom is -0.396 e. The van der Waals surface area contributed by atoms with Crippen molar-refractivity contribution in [2.24, 2.45) is 0 Å². The first-order valence-corrected chi connectivity index (χ1v) is 7.19. The summed E-state index contributed by atoms with van der Waals surface area (Å²) in [7, 11) is -3.10. The highest BCUT2D eigenvalue weighted by molar-refractivity contribution is 7.88. The van der Waals surface area contributed by atoms with Crippen molar-refractivity contribution < 1.29 is 8.42 Å². The smallest absolute Gasteiger partial charge is 0.208 e. The molecule has 0 aliphatic carbocycles. The van der Waals surface area contributed by atoms with E-state index in [-0.39, 0.29) is 0 Å². The number of nitrogens with zero attached hydrogens (tertiary/aromatic N) is 1. The predicted octanol–water partition coefficient (Wildman–Crippen LogP) is 0.323. The Bertz CT molecular complexity index is 473. The maximum atomic E-state index is 10.8. The van der Waals surface area contributed by atoms with Gasteiger partial charge in [0.15, 0.2) is 0 Å². The molecule has 0 atom stereocenters. The molecule has 0 amide bonds. The molecule has 0 bridgehead atoms. The van der Waals surface area contributed by atoms with Crippen LogP contribution in [0.5, 0.6) is 0 Å². The highest BCUT2D eigenvalue weighted by Gasteiger charge is 2.02. The number of nitrogens with two attached hydrogens (primary N) is 1. The van der Waals surface area contributed by atoms with E-state index in [4.69, 9.17) is 5.73 Å². The first kappa shape index (κ1) is 13.7. The highest BCUT2D eigenvalue weighted by atomic mass is 32.2. The molecular weight excluding hydrogens is 240 g/mol. The molecule has 1 aromatic heterocycles. The fraction of sp³-hybridized carbons (Fsp3) is 0.500. The number of pyridine rings is 1. The normalized spacial score (nSPS) is 11.4. The molecule has 0 aliphatic heterocycles. The van der Waals surface area contributed by atoms with Crippen LogP contribution >= 0.6 is 0 Å². The van der Waals surface area contributed by atoms with Gasteiger partial charge in [-0.25, -0.2) is 18.1 Å². The van der Waals surface area contributed by atoms with Crippen molar-refractivity contribution in [2.45, 2.75) is 13.3 Å². The number of anilines is 2. The molecule has 0 aliphatic rings. The number of nitrogen functional groups attached to an aromatic ring is 1. The Hall–Kier alpha value is -1.34. The largest absolute Gasteiger partial charge is 0.396 e. The summed E-state index contributed by atoms with van der Waals surface area (Å²) in [6.45, 7) is 2.92. The SMILES string of the molecule is Cc1ccnc(NCCCNS(C)(=O)=O)c1N. The van der Waals surface area contributed by atoms with Gasteiger partial charge in [-0.05, 0) is 25.0 Å². The van der Waals surface area contributed by atoms with E-state index in [1.165, 1.54) is 0 Å². The van der Waals surface area contributed by atoms with Crippen LogP contribution in [0.25, 0.3) is 0 Å². The molecule has 0 aromatic carbocycles. The number of hydrogen-bond acceptors (Lipinski definition) is 5.